The summed E-state index contributed by atoms with van der Waals surface area (Å²) in [6, 6.07) is 1.19. The molecule has 0 aromatic rings. The van der Waals surface area contributed by atoms with Crippen molar-refractivity contribution in [1.82, 2.24) is 0 Å². The molecule has 2 atom stereocenters. The maximum Gasteiger partial charge on any atom is 0.147 e. The van der Waals surface area contributed by atoms with Crippen molar-refractivity contribution in [2.45, 2.75) is 64.9 Å². The van der Waals surface area contributed by atoms with Gasteiger partial charge in [-0.25, -0.2) is 0 Å². The lowest BCUT2D eigenvalue weighted by atomic mass is 9.98. The van der Waals surface area contributed by atoms with Crippen LogP contribution in [-0.2, 0) is 9.47 Å². The zero-order valence-corrected chi connectivity index (χ0v) is 18.2. The van der Waals surface area contributed by atoms with E-state index in [9.17, 15) is 5.11 Å². The Balaban J connectivity index is 3.61. The monoisotopic (exact) mass is 442 g/mol. The number of ether oxygens (including phenoxy) is 2. The molecule has 0 aliphatic carbocycles. The molecule has 0 spiro atoms. The van der Waals surface area contributed by atoms with Crippen LogP contribution in [-0.4, -0.2) is 43.7 Å². The summed E-state index contributed by atoms with van der Waals surface area (Å²) >= 11 is 2.24. The molecule has 0 saturated carbocycles. The summed E-state index contributed by atoms with van der Waals surface area (Å²) < 4.78 is 11.9. The van der Waals surface area contributed by atoms with Gasteiger partial charge in [0.25, 0.3) is 0 Å². The zero-order chi connectivity index (χ0) is 17.0. The lowest BCUT2D eigenvalue weighted by Gasteiger charge is -2.15. The SMILES string of the molecule is C/C(=C\CC[C@@H](C)C[C@H](O)CI)COCOCC[Si](C)(C)C. The first kappa shape index (κ1) is 22.6. The van der Waals surface area contributed by atoms with Crippen molar-refractivity contribution in [2.24, 2.45) is 5.92 Å². The molecule has 0 aliphatic rings. The Bertz CT molecular complexity index is 303. The summed E-state index contributed by atoms with van der Waals surface area (Å²) in [5.41, 5.74) is 1.26. The molecular formula is C17H35IO3Si. The average Bonchev–Trinajstić information content (AvgIpc) is 2.41. The van der Waals surface area contributed by atoms with Crippen molar-refractivity contribution in [3.05, 3.63) is 11.6 Å². The average molecular weight is 442 g/mol. The highest BCUT2D eigenvalue weighted by Gasteiger charge is 2.11. The molecule has 0 aromatic carbocycles. The van der Waals surface area contributed by atoms with Crippen LogP contribution in [0.3, 0.4) is 0 Å². The van der Waals surface area contributed by atoms with E-state index >= 15 is 0 Å². The van der Waals surface area contributed by atoms with Crippen LogP contribution in [0.25, 0.3) is 0 Å². The Kier molecular flexibility index (Phi) is 13.3. The summed E-state index contributed by atoms with van der Waals surface area (Å²) in [6.07, 6.45) is 5.17. The standard InChI is InChI=1S/C17H35IO3Si/c1-15(11-17(19)12-18)7-6-8-16(2)13-21-14-20-9-10-22(3,4)5/h8,15,17,19H,6-7,9-14H2,1-5H3/b16-8+/t15-,17+/m1/s1. The molecule has 0 saturated heterocycles. The van der Waals surface area contributed by atoms with Crippen molar-refractivity contribution in [1.29, 1.82) is 0 Å². The van der Waals surface area contributed by atoms with E-state index in [-0.39, 0.29) is 6.10 Å². The highest BCUT2D eigenvalue weighted by Crippen LogP contribution is 2.15. The van der Waals surface area contributed by atoms with Crippen LogP contribution in [0.2, 0.25) is 25.7 Å². The topological polar surface area (TPSA) is 38.7 Å². The summed E-state index contributed by atoms with van der Waals surface area (Å²) in [4.78, 5) is 0. The Morgan fingerprint density at radius 1 is 1.27 bits per heavy atom. The fourth-order valence-electron chi connectivity index (χ4n) is 2.02. The van der Waals surface area contributed by atoms with Gasteiger partial charge in [0.05, 0.1) is 12.7 Å². The molecule has 1 N–H and O–H groups in total. The van der Waals surface area contributed by atoms with E-state index in [0.29, 0.717) is 19.3 Å². The van der Waals surface area contributed by atoms with E-state index in [0.717, 1.165) is 30.3 Å². The normalized spacial score (nSPS) is 15.9. The van der Waals surface area contributed by atoms with E-state index in [1.807, 2.05) is 0 Å². The Morgan fingerprint density at radius 2 is 1.95 bits per heavy atom. The third-order valence-electron chi connectivity index (χ3n) is 3.50. The highest BCUT2D eigenvalue weighted by molar-refractivity contribution is 14.1. The molecule has 0 amide bonds. The molecule has 3 nitrogen and oxygen atoms in total. The van der Waals surface area contributed by atoms with Crippen molar-refractivity contribution in [3.63, 3.8) is 0 Å². The largest absolute Gasteiger partial charge is 0.392 e. The number of aliphatic hydroxyl groups excluding tert-OH is 1. The molecule has 0 unspecified atom stereocenters. The van der Waals surface area contributed by atoms with Gasteiger partial charge in [0.15, 0.2) is 0 Å². The number of hydrogen-bond donors (Lipinski definition) is 1. The molecule has 22 heavy (non-hydrogen) atoms. The molecule has 0 aromatic heterocycles. The van der Waals surface area contributed by atoms with Crippen LogP contribution in [0.15, 0.2) is 11.6 Å². The van der Waals surface area contributed by atoms with Crippen molar-refractivity contribution in [2.75, 3.05) is 24.4 Å². The van der Waals surface area contributed by atoms with E-state index in [4.69, 9.17) is 9.47 Å². The number of halogens is 1. The molecule has 5 heteroatoms. The van der Waals surface area contributed by atoms with E-state index in [1.54, 1.807) is 0 Å². The lowest BCUT2D eigenvalue weighted by molar-refractivity contribution is -0.0413. The lowest BCUT2D eigenvalue weighted by Crippen LogP contribution is -2.22. The third kappa shape index (κ3) is 15.5. The first-order chi connectivity index (χ1) is 10.2. The van der Waals surface area contributed by atoms with Gasteiger partial charge >= 0.3 is 0 Å². The number of allylic oxidation sites excluding steroid dienone is 1. The number of alkyl halides is 1. The van der Waals surface area contributed by atoms with Crippen LogP contribution in [0.5, 0.6) is 0 Å². The number of aliphatic hydroxyl groups is 1. The summed E-state index contributed by atoms with van der Waals surface area (Å²) in [7, 11) is -0.993. The predicted molar refractivity (Wildman–Crippen MR) is 107 cm³/mol. The maximum absolute atomic E-state index is 9.62. The van der Waals surface area contributed by atoms with Gasteiger partial charge in [-0.3, -0.25) is 0 Å². The minimum atomic E-state index is -0.993. The van der Waals surface area contributed by atoms with Gasteiger partial charge in [-0.1, -0.05) is 60.8 Å². The molecule has 0 fully saturated rings. The summed E-state index contributed by atoms with van der Waals surface area (Å²) in [5, 5.41) is 9.62. The quantitative estimate of drug-likeness (QED) is 0.111. The minimum Gasteiger partial charge on any atom is -0.392 e. The second-order valence-corrected chi connectivity index (χ2v) is 14.0. The van der Waals surface area contributed by atoms with E-state index < -0.39 is 8.07 Å². The third-order valence-corrected chi connectivity index (χ3v) is 6.22. The van der Waals surface area contributed by atoms with Crippen molar-refractivity contribution in [3.8, 4) is 0 Å². The number of hydrogen-bond acceptors (Lipinski definition) is 3. The Hall–Kier alpha value is 0.567. The molecule has 132 valence electrons. The van der Waals surface area contributed by atoms with Crippen LogP contribution in [0.4, 0.5) is 0 Å². The van der Waals surface area contributed by atoms with Gasteiger partial charge in [-0.05, 0) is 38.1 Å². The van der Waals surface area contributed by atoms with E-state index in [1.165, 1.54) is 11.6 Å². The smallest absolute Gasteiger partial charge is 0.147 e. The van der Waals surface area contributed by atoms with Crippen molar-refractivity contribution < 1.29 is 14.6 Å². The van der Waals surface area contributed by atoms with Crippen LogP contribution >= 0.6 is 22.6 Å². The van der Waals surface area contributed by atoms with Crippen LogP contribution in [0.1, 0.15) is 33.1 Å². The second-order valence-electron chi connectivity index (χ2n) is 7.46. The van der Waals surface area contributed by atoms with Crippen LogP contribution in [0, 0.1) is 5.92 Å². The highest BCUT2D eigenvalue weighted by atomic mass is 127. The molecule has 0 rings (SSSR count). The molecule has 0 aliphatic heterocycles. The second kappa shape index (κ2) is 12.9. The molecule has 0 heterocycles. The molecular weight excluding hydrogens is 407 g/mol. The van der Waals surface area contributed by atoms with Crippen molar-refractivity contribution >= 4 is 30.7 Å². The van der Waals surface area contributed by atoms with Gasteiger partial charge in [0.2, 0.25) is 0 Å². The summed E-state index contributed by atoms with van der Waals surface area (Å²) in [6.45, 7) is 13.2. The fraction of sp³-hybridized carbons (Fsp3) is 0.882. The predicted octanol–water partition coefficient (Wildman–Crippen LogP) is 4.86. The van der Waals surface area contributed by atoms with Gasteiger partial charge < -0.3 is 14.6 Å². The van der Waals surface area contributed by atoms with Gasteiger partial charge in [-0.2, -0.15) is 0 Å². The number of rotatable bonds is 13. The molecule has 0 bridgehead atoms. The van der Waals surface area contributed by atoms with Gasteiger partial charge in [0, 0.05) is 19.1 Å². The Labute approximate surface area is 152 Å². The molecule has 0 radical (unpaired) electrons. The Morgan fingerprint density at radius 3 is 2.55 bits per heavy atom. The van der Waals surface area contributed by atoms with Gasteiger partial charge in [-0.15, -0.1) is 0 Å². The first-order valence-electron chi connectivity index (χ1n) is 8.29. The van der Waals surface area contributed by atoms with Crippen LogP contribution < -0.4 is 0 Å². The zero-order valence-electron chi connectivity index (χ0n) is 15.0. The summed E-state index contributed by atoms with van der Waals surface area (Å²) in [5.74, 6) is 0.569. The first-order valence-corrected chi connectivity index (χ1v) is 13.5. The van der Waals surface area contributed by atoms with Gasteiger partial charge in [0.1, 0.15) is 6.79 Å². The van der Waals surface area contributed by atoms with E-state index in [2.05, 4.69) is 62.2 Å². The fourth-order valence-corrected chi connectivity index (χ4v) is 3.13. The minimum absolute atomic E-state index is 0.155. The maximum atomic E-state index is 9.62.